The van der Waals surface area contributed by atoms with E-state index in [9.17, 15) is 4.39 Å². The van der Waals surface area contributed by atoms with Crippen molar-refractivity contribution >= 4 is 5.69 Å². The lowest BCUT2D eigenvalue weighted by molar-refractivity contribution is 0.628. The summed E-state index contributed by atoms with van der Waals surface area (Å²) < 4.78 is 13.2. The van der Waals surface area contributed by atoms with Crippen LogP contribution >= 0.6 is 0 Å². The van der Waals surface area contributed by atoms with Gasteiger partial charge in [0.05, 0.1) is 5.69 Å². The Balaban J connectivity index is 2.45. The van der Waals surface area contributed by atoms with E-state index < -0.39 is 0 Å². The largest absolute Gasteiger partial charge is 0.385 e. The van der Waals surface area contributed by atoms with Crippen LogP contribution in [0.15, 0.2) is 36.5 Å². The Morgan fingerprint density at radius 1 is 1.24 bits per heavy atom. The third kappa shape index (κ3) is 2.61. The SMILES string of the molecule is CCNc1ccnc(-c2cc(F)ccc2C)c1. The molecule has 2 nitrogen and oxygen atoms in total. The first-order chi connectivity index (χ1) is 8.20. The predicted octanol–water partition coefficient (Wildman–Crippen LogP) is 3.63. The van der Waals surface area contributed by atoms with Crippen LogP contribution in [-0.4, -0.2) is 11.5 Å². The van der Waals surface area contributed by atoms with Crippen LogP contribution in [0.3, 0.4) is 0 Å². The summed E-state index contributed by atoms with van der Waals surface area (Å²) in [7, 11) is 0. The fourth-order valence-electron chi connectivity index (χ4n) is 1.76. The van der Waals surface area contributed by atoms with Crippen LogP contribution in [0.5, 0.6) is 0 Å². The topological polar surface area (TPSA) is 24.9 Å². The van der Waals surface area contributed by atoms with Gasteiger partial charge in [0.25, 0.3) is 0 Å². The van der Waals surface area contributed by atoms with E-state index in [1.54, 1.807) is 12.3 Å². The summed E-state index contributed by atoms with van der Waals surface area (Å²) in [6.07, 6.45) is 1.73. The molecule has 0 radical (unpaired) electrons. The van der Waals surface area contributed by atoms with E-state index in [1.165, 1.54) is 12.1 Å². The second-order valence-electron chi connectivity index (χ2n) is 3.92. The highest BCUT2D eigenvalue weighted by molar-refractivity contribution is 5.67. The van der Waals surface area contributed by atoms with Crippen molar-refractivity contribution in [3.05, 3.63) is 47.9 Å². The van der Waals surface area contributed by atoms with Crippen LogP contribution < -0.4 is 5.32 Å². The minimum Gasteiger partial charge on any atom is -0.385 e. The fourth-order valence-corrected chi connectivity index (χ4v) is 1.76. The second-order valence-corrected chi connectivity index (χ2v) is 3.92. The molecule has 0 aliphatic rings. The van der Waals surface area contributed by atoms with E-state index in [0.717, 1.165) is 29.1 Å². The molecule has 17 heavy (non-hydrogen) atoms. The van der Waals surface area contributed by atoms with Gasteiger partial charge in [-0.15, -0.1) is 0 Å². The molecule has 1 aromatic carbocycles. The average Bonchev–Trinajstić information content (AvgIpc) is 2.33. The van der Waals surface area contributed by atoms with E-state index >= 15 is 0 Å². The fraction of sp³-hybridized carbons (Fsp3) is 0.214. The average molecular weight is 230 g/mol. The van der Waals surface area contributed by atoms with E-state index in [4.69, 9.17) is 0 Å². The van der Waals surface area contributed by atoms with Gasteiger partial charge in [0, 0.05) is 24.0 Å². The summed E-state index contributed by atoms with van der Waals surface area (Å²) in [5.74, 6) is -0.235. The van der Waals surface area contributed by atoms with Gasteiger partial charge < -0.3 is 5.32 Å². The van der Waals surface area contributed by atoms with Crippen LogP contribution in [-0.2, 0) is 0 Å². The highest BCUT2D eigenvalue weighted by Gasteiger charge is 2.05. The molecule has 0 unspecified atom stereocenters. The van der Waals surface area contributed by atoms with Crippen LogP contribution in [0.1, 0.15) is 12.5 Å². The maximum Gasteiger partial charge on any atom is 0.123 e. The number of aromatic nitrogens is 1. The number of benzene rings is 1. The molecule has 0 fully saturated rings. The molecule has 0 saturated heterocycles. The number of aryl methyl sites for hydroxylation is 1. The minimum absolute atomic E-state index is 0.235. The van der Waals surface area contributed by atoms with Gasteiger partial charge in [-0.05, 0) is 43.7 Å². The van der Waals surface area contributed by atoms with Gasteiger partial charge in [-0.25, -0.2) is 4.39 Å². The normalized spacial score (nSPS) is 10.3. The van der Waals surface area contributed by atoms with E-state index in [1.807, 2.05) is 26.0 Å². The van der Waals surface area contributed by atoms with Gasteiger partial charge in [-0.2, -0.15) is 0 Å². The monoisotopic (exact) mass is 230 g/mol. The summed E-state index contributed by atoms with van der Waals surface area (Å²) in [5, 5.41) is 3.22. The molecule has 2 rings (SSSR count). The van der Waals surface area contributed by atoms with Crippen molar-refractivity contribution in [3.8, 4) is 11.3 Å². The maximum atomic E-state index is 13.2. The summed E-state index contributed by atoms with van der Waals surface area (Å²) >= 11 is 0. The molecule has 0 atom stereocenters. The molecule has 2 aromatic rings. The number of halogens is 1. The van der Waals surface area contributed by atoms with Gasteiger partial charge in [0.1, 0.15) is 5.82 Å². The second kappa shape index (κ2) is 4.95. The molecule has 0 aliphatic heterocycles. The van der Waals surface area contributed by atoms with Crippen molar-refractivity contribution in [2.75, 3.05) is 11.9 Å². The Morgan fingerprint density at radius 2 is 2.06 bits per heavy atom. The van der Waals surface area contributed by atoms with E-state index in [0.29, 0.717) is 0 Å². The molecular weight excluding hydrogens is 215 g/mol. The Bertz CT molecular complexity index is 523. The first-order valence-electron chi connectivity index (χ1n) is 5.67. The summed E-state index contributed by atoms with van der Waals surface area (Å²) in [4.78, 5) is 4.29. The Kier molecular flexibility index (Phi) is 3.38. The highest BCUT2D eigenvalue weighted by Crippen LogP contribution is 2.24. The minimum atomic E-state index is -0.235. The standard InChI is InChI=1S/C14H15FN2/c1-3-16-12-6-7-17-14(9-12)13-8-11(15)5-4-10(13)2/h4-9H,3H2,1-2H3,(H,16,17). The zero-order valence-corrected chi connectivity index (χ0v) is 10.00. The number of nitrogens with zero attached hydrogens (tertiary/aromatic N) is 1. The molecule has 0 saturated carbocycles. The zero-order chi connectivity index (χ0) is 12.3. The van der Waals surface area contributed by atoms with Crippen molar-refractivity contribution in [2.24, 2.45) is 0 Å². The highest BCUT2D eigenvalue weighted by atomic mass is 19.1. The van der Waals surface area contributed by atoms with Gasteiger partial charge in [-0.3, -0.25) is 4.98 Å². The lowest BCUT2D eigenvalue weighted by Crippen LogP contribution is -1.97. The van der Waals surface area contributed by atoms with Gasteiger partial charge in [0.2, 0.25) is 0 Å². The molecule has 88 valence electrons. The molecule has 3 heteroatoms. The zero-order valence-electron chi connectivity index (χ0n) is 10.00. The number of nitrogens with one attached hydrogen (secondary N) is 1. The van der Waals surface area contributed by atoms with E-state index in [2.05, 4.69) is 10.3 Å². The Hall–Kier alpha value is -1.90. The summed E-state index contributed by atoms with van der Waals surface area (Å²) in [5.41, 5.74) is 3.65. The van der Waals surface area contributed by atoms with Crippen molar-refractivity contribution in [1.82, 2.24) is 4.98 Å². The van der Waals surface area contributed by atoms with Gasteiger partial charge in [0.15, 0.2) is 0 Å². The smallest absolute Gasteiger partial charge is 0.123 e. The third-order valence-electron chi connectivity index (χ3n) is 2.62. The van der Waals surface area contributed by atoms with Crippen molar-refractivity contribution < 1.29 is 4.39 Å². The predicted molar refractivity (Wildman–Crippen MR) is 68.5 cm³/mol. The number of hydrogen-bond donors (Lipinski definition) is 1. The molecular formula is C14H15FN2. The van der Waals surface area contributed by atoms with Crippen molar-refractivity contribution in [1.29, 1.82) is 0 Å². The molecule has 0 bridgehead atoms. The first kappa shape index (κ1) is 11.6. The molecule has 1 heterocycles. The number of rotatable bonds is 3. The molecule has 1 N–H and O–H groups in total. The third-order valence-corrected chi connectivity index (χ3v) is 2.62. The van der Waals surface area contributed by atoms with E-state index in [-0.39, 0.29) is 5.82 Å². The quantitative estimate of drug-likeness (QED) is 0.871. The van der Waals surface area contributed by atoms with Crippen LogP contribution in [0.4, 0.5) is 10.1 Å². The van der Waals surface area contributed by atoms with Crippen LogP contribution in [0, 0.1) is 12.7 Å². The van der Waals surface area contributed by atoms with Crippen LogP contribution in [0.25, 0.3) is 11.3 Å². The Labute approximate surface area is 101 Å². The lowest BCUT2D eigenvalue weighted by Gasteiger charge is -2.08. The molecule has 1 aromatic heterocycles. The van der Waals surface area contributed by atoms with Gasteiger partial charge in [-0.1, -0.05) is 6.07 Å². The summed E-state index contributed by atoms with van der Waals surface area (Å²) in [6.45, 7) is 4.84. The number of hydrogen-bond acceptors (Lipinski definition) is 2. The summed E-state index contributed by atoms with van der Waals surface area (Å²) in [6, 6.07) is 8.60. The first-order valence-corrected chi connectivity index (χ1v) is 5.67. The molecule has 0 amide bonds. The van der Waals surface area contributed by atoms with Crippen molar-refractivity contribution in [3.63, 3.8) is 0 Å². The molecule has 0 aliphatic carbocycles. The number of pyridine rings is 1. The number of anilines is 1. The lowest BCUT2D eigenvalue weighted by atomic mass is 10.0. The Morgan fingerprint density at radius 3 is 2.82 bits per heavy atom. The van der Waals surface area contributed by atoms with Gasteiger partial charge >= 0.3 is 0 Å². The van der Waals surface area contributed by atoms with Crippen LogP contribution in [0.2, 0.25) is 0 Å². The maximum absolute atomic E-state index is 13.2. The van der Waals surface area contributed by atoms with Crippen molar-refractivity contribution in [2.45, 2.75) is 13.8 Å². The molecule has 0 spiro atoms.